The van der Waals surface area contributed by atoms with E-state index in [9.17, 15) is 9.59 Å². The van der Waals surface area contributed by atoms with Crippen LogP contribution in [0.4, 0.5) is 0 Å². The van der Waals surface area contributed by atoms with E-state index in [4.69, 9.17) is 15.7 Å². The molecule has 0 bridgehead atoms. The molecule has 0 saturated heterocycles. The minimum atomic E-state index is -0.646. The minimum Gasteiger partial charge on any atom is -0.478 e. The van der Waals surface area contributed by atoms with Crippen molar-refractivity contribution in [1.82, 2.24) is 4.57 Å². The third-order valence-corrected chi connectivity index (χ3v) is 1.82. The van der Waals surface area contributed by atoms with Gasteiger partial charge in [-0.05, 0) is 12.1 Å². The smallest absolute Gasteiger partial charge is 0.292 e. The van der Waals surface area contributed by atoms with Crippen LogP contribution in [0.15, 0.2) is 23.1 Å². The highest BCUT2D eigenvalue weighted by Crippen LogP contribution is 2.01. The van der Waals surface area contributed by atoms with Crippen molar-refractivity contribution in [2.45, 2.75) is 13.0 Å². The molecule has 1 aromatic rings. The number of hydrogen-bond donors (Lipinski definition) is 1. The van der Waals surface area contributed by atoms with E-state index in [1.165, 1.54) is 10.6 Å². The van der Waals surface area contributed by atoms with Gasteiger partial charge in [-0.1, -0.05) is 0 Å². The fourth-order valence-electron chi connectivity index (χ4n) is 1.12. The van der Waals surface area contributed by atoms with Crippen LogP contribution < -0.4 is 16.0 Å². The number of aromatic nitrogens is 1. The van der Waals surface area contributed by atoms with Gasteiger partial charge in [0.1, 0.15) is 0 Å². The van der Waals surface area contributed by atoms with Crippen molar-refractivity contribution < 1.29 is 9.53 Å². The van der Waals surface area contributed by atoms with E-state index in [0.29, 0.717) is 6.54 Å². The lowest BCUT2D eigenvalue weighted by atomic mass is 10.4. The summed E-state index contributed by atoms with van der Waals surface area (Å²) in [7, 11) is 0. The monoisotopic (exact) mass is 221 g/mol. The second kappa shape index (κ2) is 5.56. The number of carbonyl (C=O) groups is 1. The third kappa shape index (κ3) is 3.13. The van der Waals surface area contributed by atoms with Crippen LogP contribution in [0, 0.1) is 11.3 Å². The van der Waals surface area contributed by atoms with Crippen LogP contribution in [0.2, 0.25) is 0 Å². The third-order valence-electron chi connectivity index (χ3n) is 1.82. The van der Waals surface area contributed by atoms with Crippen molar-refractivity contribution in [1.29, 1.82) is 5.26 Å². The molecule has 0 atom stereocenters. The number of amides is 1. The van der Waals surface area contributed by atoms with Crippen molar-refractivity contribution in [2.24, 2.45) is 5.73 Å². The highest BCUT2D eigenvalue weighted by molar-refractivity contribution is 5.75. The Morgan fingerprint density at radius 1 is 1.62 bits per heavy atom. The SMILES string of the molecule is N#CCCn1cccc(OCC(N)=O)c1=O. The highest BCUT2D eigenvalue weighted by Gasteiger charge is 2.05. The maximum atomic E-state index is 11.7. The molecule has 0 unspecified atom stereocenters. The lowest BCUT2D eigenvalue weighted by molar-refractivity contribution is -0.119. The molecule has 0 aliphatic carbocycles. The summed E-state index contributed by atoms with van der Waals surface area (Å²) < 4.78 is 6.27. The first-order valence-electron chi connectivity index (χ1n) is 4.62. The fourth-order valence-corrected chi connectivity index (χ4v) is 1.12. The fraction of sp³-hybridized carbons (Fsp3) is 0.300. The van der Waals surface area contributed by atoms with Gasteiger partial charge in [-0.25, -0.2) is 0 Å². The Balaban J connectivity index is 2.83. The Labute approximate surface area is 91.9 Å². The zero-order valence-electron chi connectivity index (χ0n) is 8.55. The summed E-state index contributed by atoms with van der Waals surface area (Å²) in [5.41, 5.74) is 4.52. The van der Waals surface area contributed by atoms with Crippen molar-refractivity contribution >= 4 is 5.91 Å². The molecule has 0 aliphatic heterocycles. The first kappa shape index (κ1) is 11.8. The molecule has 16 heavy (non-hydrogen) atoms. The van der Waals surface area contributed by atoms with E-state index in [2.05, 4.69) is 0 Å². The van der Waals surface area contributed by atoms with Crippen LogP contribution in [-0.2, 0) is 11.3 Å². The number of hydrogen-bond acceptors (Lipinski definition) is 4. The van der Waals surface area contributed by atoms with Gasteiger partial charge in [-0.2, -0.15) is 5.26 Å². The predicted octanol–water partition coefficient (Wildman–Crippen LogP) is -0.374. The standard InChI is InChI=1S/C10H11N3O3/c11-4-2-6-13-5-1-3-8(10(13)15)16-7-9(12)14/h1,3,5H,2,6-7H2,(H2,12,14). The molecule has 84 valence electrons. The quantitative estimate of drug-likeness (QED) is 0.733. The summed E-state index contributed by atoms with van der Waals surface area (Å²) in [5, 5.41) is 8.41. The molecule has 0 saturated carbocycles. The Morgan fingerprint density at radius 2 is 2.38 bits per heavy atom. The van der Waals surface area contributed by atoms with Crippen LogP contribution in [0.1, 0.15) is 6.42 Å². The Morgan fingerprint density at radius 3 is 3.00 bits per heavy atom. The van der Waals surface area contributed by atoms with Gasteiger partial charge in [-0.3, -0.25) is 9.59 Å². The summed E-state index contributed by atoms with van der Waals surface area (Å²) >= 11 is 0. The maximum Gasteiger partial charge on any atom is 0.292 e. The average Bonchev–Trinajstić information content (AvgIpc) is 2.26. The van der Waals surface area contributed by atoms with E-state index in [1.54, 1.807) is 12.3 Å². The number of carbonyl (C=O) groups excluding carboxylic acids is 1. The normalized spacial score (nSPS) is 9.44. The molecule has 0 aliphatic rings. The van der Waals surface area contributed by atoms with Gasteiger partial charge in [-0.15, -0.1) is 0 Å². The molecule has 2 N–H and O–H groups in total. The molecule has 1 amide bonds. The van der Waals surface area contributed by atoms with Gasteiger partial charge in [0.15, 0.2) is 12.4 Å². The van der Waals surface area contributed by atoms with Crippen molar-refractivity contribution in [3.8, 4) is 11.8 Å². The van der Waals surface area contributed by atoms with Gasteiger partial charge in [0, 0.05) is 12.7 Å². The topological polar surface area (TPSA) is 98.1 Å². The van der Waals surface area contributed by atoms with E-state index >= 15 is 0 Å². The van der Waals surface area contributed by atoms with Crippen LogP contribution >= 0.6 is 0 Å². The highest BCUT2D eigenvalue weighted by atomic mass is 16.5. The number of ether oxygens (including phenoxy) is 1. The van der Waals surface area contributed by atoms with Crippen molar-refractivity contribution in [3.63, 3.8) is 0 Å². The van der Waals surface area contributed by atoms with E-state index in [0.717, 1.165) is 0 Å². The van der Waals surface area contributed by atoms with Crippen LogP contribution in [-0.4, -0.2) is 17.1 Å². The lowest BCUT2D eigenvalue weighted by Crippen LogP contribution is -2.25. The zero-order chi connectivity index (χ0) is 12.0. The van der Waals surface area contributed by atoms with E-state index in [-0.39, 0.29) is 24.3 Å². The molecule has 6 nitrogen and oxygen atoms in total. The summed E-state index contributed by atoms with van der Waals surface area (Å²) in [6, 6.07) is 5.00. The molecule has 1 aromatic heterocycles. The number of nitriles is 1. The average molecular weight is 221 g/mol. The number of aryl methyl sites for hydroxylation is 1. The van der Waals surface area contributed by atoms with Gasteiger partial charge in [0.25, 0.3) is 11.5 Å². The second-order valence-electron chi connectivity index (χ2n) is 3.03. The summed E-state index contributed by atoms with van der Waals surface area (Å²) in [6.45, 7) is -0.0411. The molecule has 1 heterocycles. The molecule has 1 rings (SSSR count). The molecule has 0 spiro atoms. The van der Waals surface area contributed by atoms with E-state index < -0.39 is 5.91 Å². The van der Waals surface area contributed by atoms with Gasteiger partial charge in [0.05, 0.1) is 12.5 Å². The molecule has 6 heteroatoms. The largest absolute Gasteiger partial charge is 0.478 e. The summed E-state index contributed by atoms with van der Waals surface area (Å²) in [5.74, 6) is -0.592. The molecular weight excluding hydrogens is 210 g/mol. The number of nitrogens with two attached hydrogens (primary N) is 1. The number of nitrogens with zero attached hydrogens (tertiary/aromatic N) is 2. The van der Waals surface area contributed by atoms with Crippen molar-refractivity contribution in [3.05, 3.63) is 28.7 Å². The Hall–Kier alpha value is -2.29. The lowest BCUT2D eigenvalue weighted by Gasteiger charge is -2.06. The first-order valence-corrected chi connectivity index (χ1v) is 4.62. The molecular formula is C10H11N3O3. The second-order valence-corrected chi connectivity index (χ2v) is 3.03. The Kier molecular flexibility index (Phi) is 4.09. The van der Waals surface area contributed by atoms with Gasteiger partial charge < -0.3 is 15.0 Å². The maximum absolute atomic E-state index is 11.7. The first-order chi connectivity index (χ1) is 7.65. The van der Waals surface area contributed by atoms with Crippen LogP contribution in [0.3, 0.4) is 0 Å². The number of pyridine rings is 1. The predicted molar refractivity (Wildman–Crippen MR) is 55.6 cm³/mol. The summed E-state index contributed by atoms with van der Waals surface area (Å²) in [6.07, 6.45) is 1.79. The van der Waals surface area contributed by atoms with Gasteiger partial charge in [0.2, 0.25) is 0 Å². The van der Waals surface area contributed by atoms with Crippen LogP contribution in [0.5, 0.6) is 5.75 Å². The van der Waals surface area contributed by atoms with Gasteiger partial charge >= 0.3 is 0 Å². The number of rotatable bonds is 5. The summed E-state index contributed by atoms with van der Waals surface area (Å²) in [4.78, 5) is 22.1. The minimum absolute atomic E-state index is 0.0549. The van der Waals surface area contributed by atoms with E-state index in [1.807, 2.05) is 6.07 Å². The zero-order valence-corrected chi connectivity index (χ0v) is 8.55. The Bertz CT molecular complexity index is 473. The number of primary amides is 1. The van der Waals surface area contributed by atoms with Crippen molar-refractivity contribution in [2.75, 3.05) is 6.61 Å². The molecule has 0 fully saturated rings. The molecule has 0 radical (unpaired) electrons. The van der Waals surface area contributed by atoms with Crippen LogP contribution in [0.25, 0.3) is 0 Å². The molecule has 0 aromatic carbocycles.